The highest BCUT2D eigenvalue weighted by Crippen LogP contribution is 2.34. The van der Waals surface area contributed by atoms with Gasteiger partial charge in [0.25, 0.3) is 0 Å². The van der Waals surface area contributed by atoms with Gasteiger partial charge in [0.2, 0.25) is 15.9 Å². The van der Waals surface area contributed by atoms with Gasteiger partial charge in [0.05, 0.1) is 11.9 Å². The number of amides is 1. The average molecular weight is 427 g/mol. The second-order valence-corrected chi connectivity index (χ2v) is 11.3. The molecule has 1 N–H and O–H groups in total. The van der Waals surface area contributed by atoms with E-state index in [1.165, 1.54) is 4.31 Å². The van der Waals surface area contributed by atoms with E-state index in [0.717, 1.165) is 12.7 Å². The molecule has 0 saturated heterocycles. The minimum atomic E-state index is -3.50. The first-order valence-corrected chi connectivity index (χ1v) is 11.8. The van der Waals surface area contributed by atoms with Gasteiger partial charge in [-0.25, -0.2) is 8.42 Å². The Labute approximate surface area is 174 Å². The number of nitrogens with one attached hydrogen (secondary N) is 1. The summed E-state index contributed by atoms with van der Waals surface area (Å²) in [7, 11) is -3.50. The summed E-state index contributed by atoms with van der Waals surface area (Å²) in [6, 6.07) is 5.08. The molecule has 0 radical (unpaired) electrons. The number of hydrogen-bond acceptors (Lipinski definition) is 5. The van der Waals surface area contributed by atoms with Crippen molar-refractivity contribution in [3.8, 4) is 11.5 Å². The number of ether oxygens (including phenoxy) is 2. The van der Waals surface area contributed by atoms with E-state index in [4.69, 9.17) is 9.47 Å². The molecule has 0 atom stereocenters. The molecule has 1 aromatic rings. The fourth-order valence-corrected chi connectivity index (χ4v) is 4.82. The zero-order valence-electron chi connectivity index (χ0n) is 18.4. The van der Waals surface area contributed by atoms with Crippen LogP contribution in [0.3, 0.4) is 0 Å². The lowest BCUT2D eigenvalue weighted by atomic mass is 9.82. The van der Waals surface area contributed by atoms with Crippen molar-refractivity contribution in [1.82, 2.24) is 5.32 Å². The third-order valence-electron chi connectivity index (χ3n) is 4.43. The number of carbonyl (C=O) groups excluding carboxylic acids is 1. The van der Waals surface area contributed by atoms with Gasteiger partial charge >= 0.3 is 0 Å². The molecule has 1 amide bonds. The highest BCUT2D eigenvalue weighted by Gasteiger charge is 2.27. The fourth-order valence-electron chi connectivity index (χ4n) is 3.87. The van der Waals surface area contributed by atoms with Crippen LogP contribution in [0.1, 0.15) is 53.9 Å². The number of carbonyl (C=O) groups is 1. The summed E-state index contributed by atoms with van der Waals surface area (Å²) in [5, 5.41) is 3.06. The maximum atomic E-state index is 12.4. The maximum Gasteiger partial charge on any atom is 0.232 e. The Hall–Kier alpha value is -1.96. The number of fused-ring (bicyclic) bond motifs is 1. The van der Waals surface area contributed by atoms with Crippen LogP contribution in [0.25, 0.3) is 0 Å². The summed E-state index contributed by atoms with van der Waals surface area (Å²) < 4.78 is 37.0. The molecule has 1 aromatic carbocycles. The van der Waals surface area contributed by atoms with Crippen molar-refractivity contribution in [2.75, 3.05) is 30.3 Å². The van der Waals surface area contributed by atoms with Gasteiger partial charge in [0.1, 0.15) is 13.2 Å². The predicted octanol–water partition coefficient (Wildman–Crippen LogP) is 3.34. The quantitative estimate of drug-likeness (QED) is 0.689. The Bertz CT molecular complexity index is 828. The molecular weight excluding hydrogens is 392 g/mol. The number of nitrogens with zero attached hydrogens (tertiary/aromatic N) is 1. The van der Waals surface area contributed by atoms with E-state index in [-0.39, 0.29) is 29.8 Å². The smallest absolute Gasteiger partial charge is 0.232 e. The molecule has 164 valence electrons. The standard InChI is InChI=1S/C21H34N2O5S/c1-20(2,3)15-21(4,5)22-19(24)8-7-11-23(29(6,25)26)16-9-10-17-18(14-16)28-13-12-27-17/h9-10,14H,7-8,11-13,15H2,1-6H3,(H,22,24). The molecule has 2 rings (SSSR count). The van der Waals surface area contributed by atoms with Gasteiger partial charge < -0.3 is 14.8 Å². The van der Waals surface area contributed by atoms with Crippen LogP contribution in [-0.4, -0.2) is 45.9 Å². The predicted molar refractivity (Wildman–Crippen MR) is 115 cm³/mol. The van der Waals surface area contributed by atoms with Crippen molar-refractivity contribution >= 4 is 21.6 Å². The summed E-state index contributed by atoms with van der Waals surface area (Å²) in [5.41, 5.74) is 0.286. The van der Waals surface area contributed by atoms with Gasteiger partial charge in [0.15, 0.2) is 11.5 Å². The Morgan fingerprint density at radius 3 is 2.31 bits per heavy atom. The van der Waals surface area contributed by atoms with Crippen molar-refractivity contribution in [3.63, 3.8) is 0 Å². The van der Waals surface area contributed by atoms with Gasteiger partial charge in [-0.15, -0.1) is 0 Å². The fraction of sp³-hybridized carbons (Fsp3) is 0.667. The minimum absolute atomic E-state index is 0.0742. The summed E-state index contributed by atoms with van der Waals surface area (Å²) >= 11 is 0. The van der Waals surface area contributed by atoms with Crippen LogP contribution in [0.2, 0.25) is 0 Å². The number of anilines is 1. The van der Waals surface area contributed by atoms with Crippen molar-refractivity contribution in [1.29, 1.82) is 0 Å². The number of sulfonamides is 1. The molecular formula is C21H34N2O5S. The SMILES string of the molecule is CC(C)(C)CC(C)(C)NC(=O)CCCN(c1ccc2c(c1)OCCO2)S(C)(=O)=O. The third-order valence-corrected chi connectivity index (χ3v) is 5.62. The van der Waals surface area contributed by atoms with Crippen molar-refractivity contribution in [2.24, 2.45) is 5.41 Å². The molecule has 29 heavy (non-hydrogen) atoms. The van der Waals surface area contributed by atoms with Crippen LogP contribution in [0.15, 0.2) is 18.2 Å². The first-order valence-electron chi connectivity index (χ1n) is 9.95. The highest BCUT2D eigenvalue weighted by atomic mass is 32.2. The Balaban J connectivity index is 1.99. The van der Waals surface area contributed by atoms with Crippen LogP contribution in [0.4, 0.5) is 5.69 Å². The normalized spacial score (nSPS) is 14.4. The zero-order chi connectivity index (χ0) is 21.9. The number of benzene rings is 1. The van der Waals surface area contributed by atoms with E-state index in [1.54, 1.807) is 18.2 Å². The van der Waals surface area contributed by atoms with E-state index < -0.39 is 10.0 Å². The first kappa shape index (κ1) is 23.3. The largest absolute Gasteiger partial charge is 0.486 e. The Morgan fingerprint density at radius 1 is 1.10 bits per heavy atom. The van der Waals surface area contributed by atoms with Gasteiger partial charge in [0, 0.05) is 24.6 Å². The highest BCUT2D eigenvalue weighted by molar-refractivity contribution is 7.92. The van der Waals surface area contributed by atoms with Crippen LogP contribution in [-0.2, 0) is 14.8 Å². The van der Waals surface area contributed by atoms with Gasteiger partial charge in [-0.3, -0.25) is 9.10 Å². The van der Waals surface area contributed by atoms with Gasteiger partial charge in [-0.2, -0.15) is 0 Å². The van der Waals surface area contributed by atoms with Crippen molar-refractivity contribution < 1.29 is 22.7 Å². The molecule has 1 heterocycles. The molecule has 0 bridgehead atoms. The van der Waals surface area contributed by atoms with E-state index in [9.17, 15) is 13.2 Å². The molecule has 1 aliphatic heterocycles. The number of rotatable bonds is 8. The number of hydrogen-bond donors (Lipinski definition) is 1. The Kier molecular flexibility index (Phi) is 7.09. The van der Waals surface area contributed by atoms with Crippen molar-refractivity contribution in [2.45, 2.75) is 59.4 Å². The molecule has 0 spiro atoms. The molecule has 0 unspecified atom stereocenters. The minimum Gasteiger partial charge on any atom is -0.486 e. The topological polar surface area (TPSA) is 84.9 Å². The lowest BCUT2D eigenvalue weighted by Crippen LogP contribution is -2.46. The first-order chi connectivity index (χ1) is 13.3. The molecule has 0 aliphatic carbocycles. The van der Waals surface area contributed by atoms with Gasteiger partial charge in [-0.05, 0) is 44.2 Å². The molecule has 7 nitrogen and oxygen atoms in total. The molecule has 0 aromatic heterocycles. The molecule has 0 saturated carbocycles. The summed E-state index contributed by atoms with van der Waals surface area (Å²) in [5.74, 6) is 1.06. The lowest BCUT2D eigenvalue weighted by molar-refractivity contribution is -0.123. The van der Waals surface area contributed by atoms with Crippen molar-refractivity contribution in [3.05, 3.63) is 18.2 Å². The second kappa shape index (κ2) is 8.81. The second-order valence-electron chi connectivity index (χ2n) is 9.44. The van der Waals surface area contributed by atoms with E-state index in [1.807, 2.05) is 13.8 Å². The van der Waals surface area contributed by atoms with Crippen LogP contribution < -0.4 is 19.1 Å². The lowest BCUT2D eigenvalue weighted by Gasteiger charge is -2.33. The summed E-state index contributed by atoms with van der Waals surface area (Å²) in [6.45, 7) is 11.5. The van der Waals surface area contributed by atoms with E-state index in [2.05, 4.69) is 26.1 Å². The molecule has 1 aliphatic rings. The monoisotopic (exact) mass is 426 g/mol. The van der Waals surface area contributed by atoms with Gasteiger partial charge in [-0.1, -0.05) is 20.8 Å². The third kappa shape index (κ3) is 7.42. The van der Waals surface area contributed by atoms with E-state index in [0.29, 0.717) is 36.8 Å². The average Bonchev–Trinajstić information content (AvgIpc) is 2.54. The summed E-state index contributed by atoms with van der Waals surface area (Å²) in [4.78, 5) is 12.4. The van der Waals surface area contributed by atoms with Crippen LogP contribution >= 0.6 is 0 Å². The molecule has 8 heteroatoms. The zero-order valence-corrected chi connectivity index (χ0v) is 19.2. The molecule has 0 fully saturated rings. The van der Waals surface area contributed by atoms with Crippen LogP contribution in [0.5, 0.6) is 11.5 Å². The summed E-state index contributed by atoms with van der Waals surface area (Å²) in [6.07, 6.45) is 2.68. The van der Waals surface area contributed by atoms with Crippen LogP contribution in [0, 0.1) is 5.41 Å². The Morgan fingerprint density at radius 2 is 1.72 bits per heavy atom. The maximum absolute atomic E-state index is 12.4. The van der Waals surface area contributed by atoms with E-state index >= 15 is 0 Å².